The first-order valence-corrected chi connectivity index (χ1v) is 10.1. The summed E-state index contributed by atoms with van der Waals surface area (Å²) >= 11 is 1.47. The van der Waals surface area contributed by atoms with Crippen LogP contribution in [-0.4, -0.2) is 16.0 Å². The Morgan fingerprint density at radius 2 is 1.97 bits per heavy atom. The van der Waals surface area contributed by atoms with Crippen LogP contribution in [0.4, 0.5) is 10.7 Å². The van der Waals surface area contributed by atoms with Crippen molar-refractivity contribution < 1.29 is 18.9 Å². The Bertz CT molecular complexity index is 1240. The van der Waals surface area contributed by atoms with Crippen LogP contribution in [0, 0.1) is 10.1 Å². The monoisotopic (exact) mass is 438 g/mol. The van der Waals surface area contributed by atoms with E-state index in [2.05, 4.69) is 10.3 Å². The van der Waals surface area contributed by atoms with E-state index in [1.54, 1.807) is 6.07 Å². The van der Waals surface area contributed by atoms with E-state index in [4.69, 9.17) is 14.9 Å². The fraction of sp³-hybridized carbons (Fsp3) is 0.0952. The van der Waals surface area contributed by atoms with Crippen molar-refractivity contribution in [2.45, 2.75) is 22.9 Å². The minimum absolute atomic E-state index is 0.282. The fourth-order valence-corrected chi connectivity index (χ4v) is 4.08. The molecule has 9 nitrogen and oxygen atoms in total. The number of H-pyrrole nitrogens is 1. The summed E-state index contributed by atoms with van der Waals surface area (Å²) in [6.07, 6.45) is -0.893. The topological polar surface area (TPSA) is 136 Å². The molecule has 0 unspecified atom stereocenters. The number of primary amides is 1. The lowest BCUT2D eigenvalue weighted by atomic mass is 10.1. The number of nitrogens with zero attached hydrogens (tertiary/aromatic N) is 1. The molecule has 2 aromatic carbocycles. The molecule has 4 aromatic rings. The Balaban J connectivity index is 1.52. The molecule has 158 valence electrons. The van der Waals surface area contributed by atoms with Crippen LogP contribution in [0.25, 0.3) is 10.9 Å². The maximum absolute atomic E-state index is 11.3. The van der Waals surface area contributed by atoms with E-state index in [1.165, 1.54) is 17.8 Å². The van der Waals surface area contributed by atoms with Crippen molar-refractivity contribution in [3.63, 3.8) is 0 Å². The van der Waals surface area contributed by atoms with Crippen LogP contribution in [0.1, 0.15) is 11.3 Å². The number of hydrogen-bond acceptors (Lipinski definition) is 7. The maximum Gasteiger partial charge on any atom is 0.433 e. The van der Waals surface area contributed by atoms with Gasteiger partial charge in [-0.2, -0.15) is 0 Å². The minimum atomic E-state index is -0.893. The highest BCUT2D eigenvalue weighted by molar-refractivity contribution is 7.99. The van der Waals surface area contributed by atoms with Gasteiger partial charge in [-0.05, 0) is 29.8 Å². The molecule has 0 fully saturated rings. The summed E-state index contributed by atoms with van der Waals surface area (Å²) in [6, 6.07) is 18.5. The lowest BCUT2D eigenvalue weighted by molar-refractivity contribution is -0.402. The molecule has 0 aliphatic carbocycles. The van der Waals surface area contributed by atoms with Crippen molar-refractivity contribution in [2.24, 2.45) is 5.73 Å². The molecule has 4 rings (SSSR count). The van der Waals surface area contributed by atoms with Crippen LogP contribution in [0.3, 0.4) is 0 Å². The largest absolute Gasteiger partial charge is 0.433 e. The van der Waals surface area contributed by atoms with Crippen LogP contribution in [0.15, 0.2) is 74.9 Å². The van der Waals surface area contributed by atoms with Gasteiger partial charge < -0.3 is 25.2 Å². The zero-order chi connectivity index (χ0) is 21.8. The molecule has 0 aliphatic rings. The lowest BCUT2D eigenvalue weighted by Gasteiger charge is -2.05. The van der Waals surface area contributed by atoms with Gasteiger partial charge in [-0.25, -0.2) is 4.79 Å². The zero-order valence-corrected chi connectivity index (χ0v) is 17.0. The van der Waals surface area contributed by atoms with Crippen LogP contribution in [0.5, 0.6) is 5.88 Å². The molecule has 0 spiro atoms. The van der Waals surface area contributed by atoms with Gasteiger partial charge in [-0.1, -0.05) is 42.1 Å². The van der Waals surface area contributed by atoms with Gasteiger partial charge in [0.15, 0.2) is 0 Å². The number of fused-ring (bicyclic) bond motifs is 1. The second kappa shape index (κ2) is 8.94. The van der Waals surface area contributed by atoms with Crippen LogP contribution < -0.4 is 15.8 Å². The number of furan rings is 1. The first-order chi connectivity index (χ1) is 15.0. The molecule has 1 amide bonds. The molecule has 2 heterocycles. The van der Waals surface area contributed by atoms with Crippen molar-refractivity contribution in [3.05, 3.63) is 82.1 Å². The summed E-state index contributed by atoms with van der Waals surface area (Å²) in [7, 11) is 0. The van der Waals surface area contributed by atoms with Crippen molar-refractivity contribution in [1.29, 1.82) is 0 Å². The van der Waals surface area contributed by atoms with E-state index < -0.39 is 11.0 Å². The number of nitrogens with two attached hydrogens (primary N) is 1. The first kappa shape index (κ1) is 20.5. The molecule has 4 N–H and O–H groups in total. The van der Waals surface area contributed by atoms with Crippen molar-refractivity contribution >= 4 is 34.6 Å². The van der Waals surface area contributed by atoms with E-state index >= 15 is 0 Å². The molecule has 2 aromatic heterocycles. The predicted molar refractivity (Wildman–Crippen MR) is 115 cm³/mol. The number of carbonyl (C=O) groups is 1. The van der Waals surface area contributed by atoms with E-state index in [-0.39, 0.29) is 5.88 Å². The van der Waals surface area contributed by atoms with Gasteiger partial charge in [-0.15, -0.1) is 0 Å². The number of hydrogen-bond donors (Lipinski definition) is 3. The summed E-state index contributed by atoms with van der Waals surface area (Å²) < 4.78 is 10.3. The van der Waals surface area contributed by atoms with E-state index in [1.807, 2.05) is 48.5 Å². The second-order valence-electron chi connectivity index (χ2n) is 6.60. The van der Waals surface area contributed by atoms with Gasteiger partial charge in [0.1, 0.15) is 10.7 Å². The molecular weight excluding hydrogens is 420 g/mol. The number of ether oxygens (including phenoxy) is 1. The lowest BCUT2D eigenvalue weighted by Crippen LogP contribution is -2.16. The summed E-state index contributed by atoms with van der Waals surface area (Å²) in [6.45, 7) is 0.860. The van der Waals surface area contributed by atoms with Gasteiger partial charge in [0.25, 0.3) is 0 Å². The number of aromatic amines is 1. The number of carbonyl (C=O) groups excluding carboxylic acids is 1. The SMILES string of the molecule is NC(=O)Oc1[nH]c2cc(CNCc3ccc([N+](=O)[O-])o3)ccc2c1Sc1ccccc1. The van der Waals surface area contributed by atoms with Gasteiger partial charge >= 0.3 is 12.0 Å². The number of rotatable bonds is 8. The maximum atomic E-state index is 11.3. The molecule has 0 radical (unpaired) electrons. The third-order valence-electron chi connectivity index (χ3n) is 4.40. The average molecular weight is 438 g/mol. The number of nitrogens with one attached hydrogen (secondary N) is 2. The first-order valence-electron chi connectivity index (χ1n) is 9.28. The molecule has 0 bridgehead atoms. The molecule has 10 heteroatoms. The summed E-state index contributed by atoms with van der Waals surface area (Å²) in [5.74, 6) is 0.491. The Kier molecular flexibility index (Phi) is 5.92. The number of amides is 1. The third kappa shape index (κ3) is 4.87. The summed E-state index contributed by atoms with van der Waals surface area (Å²) in [5, 5.41) is 14.8. The van der Waals surface area contributed by atoms with Crippen LogP contribution in [0.2, 0.25) is 0 Å². The highest BCUT2D eigenvalue weighted by Crippen LogP contribution is 2.41. The highest BCUT2D eigenvalue weighted by Gasteiger charge is 2.17. The molecule has 0 aliphatic heterocycles. The number of aromatic nitrogens is 1. The number of nitro groups is 1. The zero-order valence-electron chi connectivity index (χ0n) is 16.2. The standard InChI is InChI=1S/C21H18N4O5S/c22-21(26)30-20-19(31-15-4-2-1-3-5-15)16-8-6-13(10-17(16)24-20)11-23-12-14-7-9-18(29-14)25(27)28/h1-10,23-24H,11-12H2,(H2,22,26). The van der Waals surface area contributed by atoms with Crippen LogP contribution in [-0.2, 0) is 13.1 Å². The Morgan fingerprint density at radius 1 is 1.16 bits per heavy atom. The minimum Gasteiger partial charge on any atom is -0.404 e. The number of benzene rings is 2. The molecule has 0 atom stereocenters. The van der Waals surface area contributed by atoms with Crippen molar-refractivity contribution in [2.75, 3.05) is 0 Å². The molecule has 0 saturated carbocycles. The van der Waals surface area contributed by atoms with Crippen LogP contribution >= 0.6 is 11.8 Å². The molecule has 31 heavy (non-hydrogen) atoms. The molecule has 0 saturated heterocycles. The van der Waals surface area contributed by atoms with E-state index in [0.717, 1.165) is 26.3 Å². The normalized spacial score (nSPS) is 11.0. The fourth-order valence-electron chi connectivity index (χ4n) is 3.07. The third-order valence-corrected chi connectivity index (χ3v) is 5.52. The highest BCUT2D eigenvalue weighted by atomic mass is 32.2. The second-order valence-corrected chi connectivity index (χ2v) is 7.68. The van der Waals surface area contributed by atoms with Crippen molar-refractivity contribution in [1.82, 2.24) is 10.3 Å². The van der Waals surface area contributed by atoms with Gasteiger partial charge in [0.2, 0.25) is 5.88 Å². The van der Waals surface area contributed by atoms with Gasteiger partial charge in [0, 0.05) is 22.3 Å². The van der Waals surface area contributed by atoms with E-state index in [9.17, 15) is 14.9 Å². The van der Waals surface area contributed by atoms with Gasteiger partial charge in [-0.3, -0.25) is 10.1 Å². The quantitative estimate of drug-likeness (QED) is 0.271. The predicted octanol–water partition coefficient (Wildman–Crippen LogP) is 4.57. The summed E-state index contributed by atoms with van der Waals surface area (Å²) in [5.41, 5.74) is 6.99. The van der Waals surface area contributed by atoms with Crippen molar-refractivity contribution in [3.8, 4) is 5.88 Å². The Morgan fingerprint density at radius 3 is 2.68 bits per heavy atom. The summed E-state index contributed by atoms with van der Waals surface area (Å²) in [4.78, 5) is 26.3. The smallest absolute Gasteiger partial charge is 0.404 e. The Labute approximate surface area is 180 Å². The molecular formula is C21H18N4O5S. The Hall–Kier alpha value is -3.76. The van der Waals surface area contributed by atoms with Gasteiger partial charge in [0.05, 0.1) is 17.5 Å². The average Bonchev–Trinajstić information content (AvgIpc) is 3.34. The van der Waals surface area contributed by atoms with E-state index in [0.29, 0.717) is 24.7 Å².